The summed E-state index contributed by atoms with van der Waals surface area (Å²) in [6, 6.07) is 25.1. The normalized spacial score (nSPS) is 11.8. The Morgan fingerprint density at radius 3 is 2.26 bits per heavy atom. The summed E-state index contributed by atoms with van der Waals surface area (Å²) < 4.78 is 0.945. The number of halogens is 1. The van der Waals surface area contributed by atoms with E-state index in [0.29, 0.717) is 25.4 Å². The van der Waals surface area contributed by atoms with Gasteiger partial charge in [-0.1, -0.05) is 96.5 Å². The molecular weight excluding hydrogens is 488 g/mol. The number of nitrogens with one attached hydrogen (secondary N) is 1. The molecule has 34 heavy (non-hydrogen) atoms. The van der Waals surface area contributed by atoms with E-state index >= 15 is 0 Å². The zero-order valence-corrected chi connectivity index (χ0v) is 21.7. The maximum Gasteiger partial charge on any atom is 0.243 e. The Bertz CT molecular complexity index is 1100. The minimum absolute atomic E-state index is 0.0603. The van der Waals surface area contributed by atoms with Crippen molar-refractivity contribution in [2.24, 2.45) is 5.92 Å². The standard InChI is InChI=1S/C29H33BrN2O2/c1-21(2)19-31-29(34)27(17-23-11-5-4-6-12-23)32(20-24-13-9-15-26(30)16-24)28(33)18-25-14-8-7-10-22(25)3/h4-16,21,27H,17-20H2,1-3H3,(H,31,34). The number of carbonyl (C=O) groups is 2. The van der Waals surface area contributed by atoms with Crippen LogP contribution < -0.4 is 5.32 Å². The monoisotopic (exact) mass is 520 g/mol. The molecule has 3 rings (SSSR count). The zero-order valence-electron chi connectivity index (χ0n) is 20.1. The van der Waals surface area contributed by atoms with Gasteiger partial charge in [-0.05, 0) is 47.2 Å². The van der Waals surface area contributed by atoms with Crippen LogP contribution in [-0.2, 0) is 29.0 Å². The van der Waals surface area contributed by atoms with Crippen LogP contribution in [0.2, 0.25) is 0 Å². The summed E-state index contributed by atoms with van der Waals surface area (Å²) in [5.74, 6) is 0.142. The molecule has 0 heterocycles. The lowest BCUT2D eigenvalue weighted by Gasteiger charge is -2.32. The number of rotatable bonds is 10. The van der Waals surface area contributed by atoms with Crippen molar-refractivity contribution in [1.29, 1.82) is 0 Å². The molecule has 0 radical (unpaired) electrons. The van der Waals surface area contributed by atoms with E-state index in [9.17, 15) is 9.59 Å². The van der Waals surface area contributed by atoms with E-state index in [2.05, 4.69) is 35.1 Å². The molecule has 0 saturated heterocycles. The fraction of sp³-hybridized carbons (Fsp3) is 0.310. The molecule has 178 valence electrons. The Hall–Kier alpha value is -2.92. The van der Waals surface area contributed by atoms with Gasteiger partial charge in [0.1, 0.15) is 6.04 Å². The zero-order chi connectivity index (χ0) is 24.5. The molecule has 1 unspecified atom stereocenters. The van der Waals surface area contributed by atoms with Crippen molar-refractivity contribution in [2.45, 2.75) is 46.2 Å². The first-order chi connectivity index (χ1) is 16.3. The predicted octanol–water partition coefficient (Wildman–Crippen LogP) is 5.71. The van der Waals surface area contributed by atoms with E-state index in [1.807, 2.05) is 85.8 Å². The number of hydrogen-bond acceptors (Lipinski definition) is 2. The van der Waals surface area contributed by atoms with Crippen molar-refractivity contribution in [2.75, 3.05) is 6.54 Å². The Kier molecular flexibility index (Phi) is 9.46. The van der Waals surface area contributed by atoms with Crippen LogP contribution in [0.15, 0.2) is 83.3 Å². The first-order valence-corrected chi connectivity index (χ1v) is 12.5. The van der Waals surface area contributed by atoms with Crippen LogP contribution >= 0.6 is 15.9 Å². The fourth-order valence-corrected chi connectivity index (χ4v) is 4.33. The highest BCUT2D eigenvalue weighted by atomic mass is 79.9. The van der Waals surface area contributed by atoms with Gasteiger partial charge in [-0.2, -0.15) is 0 Å². The summed E-state index contributed by atoms with van der Waals surface area (Å²) in [6.07, 6.45) is 0.710. The van der Waals surface area contributed by atoms with Crippen LogP contribution in [0.25, 0.3) is 0 Å². The molecule has 0 aliphatic rings. The lowest BCUT2D eigenvalue weighted by molar-refractivity contribution is -0.140. The summed E-state index contributed by atoms with van der Waals surface area (Å²) in [4.78, 5) is 29.0. The molecule has 1 atom stereocenters. The topological polar surface area (TPSA) is 49.4 Å². The van der Waals surface area contributed by atoms with Crippen LogP contribution in [-0.4, -0.2) is 29.3 Å². The van der Waals surface area contributed by atoms with Crippen LogP contribution in [0.4, 0.5) is 0 Å². The molecule has 0 saturated carbocycles. The van der Waals surface area contributed by atoms with Gasteiger partial charge in [0.25, 0.3) is 0 Å². The Morgan fingerprint density at radius 2 is 1.59 bits per heavy atom. The summed E-state index contributed by atoms with van der Waals surface area (Å²) in [7, 11) is 0. The number of benzene rings is 3. The second kappa shape index (κ2) is 12.5. The Morgan fingerprint density at radius 1 is 0.912 bits per heavy atom. The molecule has 0 bridgehead atoms. The lowest BCUT2D eigenvalue weighted by atomic mass is 10.00. The van der Waals surface area contributed by atoms with Gasteiger partial charge < -0.3 is 10.2 Å². The van der Waals surface area contributed by atoms with Crippen molar-refractivity contribution in [3.8, 4) is 0 Å². The van der Waals surface area contributed by atoms with Gasteiger partial charge in [0, 0.05) is 24.0 Å². The van der Waals surface area contributed by atoms with E-state index in [1.54, 1.807) is 4.90 Å². The highest BCUT2D eigenvalue weighted by Crippen LogP contribution is 2.20. The largest absolute Gasteiger partial charge is 0.354 e. The molecular formula is C29H33BrN2O2. The van der Waals surface area contributed by atoms with Gasteiger partial charge in [0.15, 0.2) is 0 Å². The van der Waals surface area contributed by atoms with Crippen LogP contribution in [0, 0.1) is 12.8 Å². The number of amides is 2. The van der Waals surface area contributed by atoms with E-state index in [1.165, 1.54) is 0 Å². The number of hydrogen-bond donors (Lipinski definition) is 1. The SMILES string of the molecule is Cc1ccccc1CC(=O)N(Cc1cccc(Br)c1)C(Cc1ccccc1)C(=O)NCC(C)C. The molecule has 1 N–H and O–H groups in total. The molecule has 2 amide bonds. The molecule has 0 aliphatic carbocycles. The van der Waals surface area contributed by atoms with Gasteiger partial charge in [0.05, 0.1) is 6.42 Å². The van der Waals surface area contributed by atoms with E-state index in [4.69, 9.17) is 0 Å². The quantitative estimate of drug-likeness (QED) is 0.372. The van der Waals surface area contributed by atoms with Gasteiger partial charge in [0.2, 0.25) is 11.8 Å². The van der Waals surface area contributed by atoms with Crippen LogP contribution in [0.1, 0.15) is 36.1 Å². The first kappa shape index (κ1) is 25.7. The third-order valence-electron chi connectivity index (χ3n) is 5.80. The van der Waals surface area contributed by atoms with E-state index < -0.39 is 6.04 Å². The fourth-order valence-electron chi connectivity index (χ4n) is 3.88. The third kappa shape index (κ3) is 7.56. The molecule has 0 fully saturated rings. The van der Waals surface area contributed by atoms with Crippen LogP contribution in [0.3, 0.4) is 0 Å². The second-order valence-electron chi connectivity index (χ2n) is 9.10. The first-order valence-electron chi connectivity index (χ1n) is 11.7. The summed E-state index contributed by atoms with van der Waals surface area (Å²) in [5.41, 5.74) is 4.05. The minimum atomic E-state index is -0.614. The molecule has 3 aromatic rings. The summed E-state index contributed by atoms with van der Waals surface area (Å²) in [5, 5.41) is 3.07. The minimum Gasteiger partial charge on any atom is -0.354 e. The third-order valence-corrected chi connectivity index (χ3v) is 6.29. The van der Waals surface area contributed by atoms with Gasteiger partial charge >= 0.3 is 0 Å². The Balaban J connectivity index is 1.97. The number of aryl methyl sites for hydroxylation is 1. The van der Waals surface area contributed by atoms with Gasteiger partial charge in [-0.15, -0.1) is 0 Å². The molecule has 5 heteroatoms. The average molecular weight is 521 g/mol. The maximum atomic E-state index is 13.8. The molecule has 0 spiro atoms. The van der Waals surface area contributed by atoms with Gasteiger partial charge in [-0.25, -0.2) is 0 Å². The van der Waals surface area contributed by atoms with Crippen molar-refractivity contribution in [3.05, 3.63) is 106 Å². The van der Waals surface area contributed by atoms with Crippen molar-refractivity contribution >= 4 is 27.7 Å². The smallest absolute Gasteiger partial charge is 0.243 e. The van der Waals surface area contributed by atoms with Gasteiger partial charge in [-0.3, -0.25) is 9.59 Å². The van der Waals surface area contributed by atoms with Crippen molar-refractivity contribution in [1.82, 2.24) is 10.2 Å². The molecule has 3 aromatic carbocycles. The lowest BCUT2D eigenvalue weighted by Crippen LogP contribution is -2.51. The van der Waals surface area contributed by atoms with E-state index in [0.717, 1.165) is 26.7 Å². The molecule has 4 nitrogen and oxygen atoms in total. The molecule has 0 aliphatic heterocycles. The van der Waals surface area contributed by atoms with Crippen molar-refractivity contribution in [3.63, 3.8) is 0 Å². The van der Waals surface area contributed by atoms with Crippen molar-refractivity contribution < 1.29 is 9.59 Å². The summed E-state index contributed by atoms with van der Waals surface area (Å²) >= 11 is 3.53. The second-order valence-corrected chi connectivity index (χ2v) is 10.0. The Labute approximate surface area is 211 Å². The van der Waals surface area contributed by atoms with Crippen LogP contribution in [0.5, 0.6) is 0 Å². The maximum absolute atomic E-state index is 13.8. The molecule has 0 aromatic heterocycles. The average Bonchev–Trinajstić information content (AvgIpc) is 2.82. The number of nitrogens with zero attached hydrogens (tertiary/aromatic N) is 1. The highest BCUT2D eigenvalue weighted by molar-refractivity contribution is 9.10. The van der Waals surface area contributed by atoms with E-state index in [-0.39, 0.29) is 18.2 Å². The summed E-state index contributed by atoms with van der Waals surface area (Å²) in [6.45, 7) is 7.07. The highest BCUT2D eigenvalue weighted by Gasteiger charge is 2.30. The number of carbonyl (C=O) groups excluding carboxylic acids is 2. The predicted molar refractivity (Wildman–Crippen MR) is 141 cm³/mol.